The molecule has 1 aliphatic rings. The van der Waals surface area contributed by atoms with Crippen molar-refractivity contribution in [2.75, 3.05) is 6.61 Å². The van der Waals surface area contributed by atoms with E-state index in [1.165, 1.54) is 32.0 Å². The maximum atomic E-state index is 14.4. The number of carbonyl (C=O) groups is 1. The second-order valence-electron chi connectivity index (χ2n) is 12.8. The molecule has 0 saturated heterocycles. The lowest BCUT2D eigenvalue weighted by Gasteiger charge is -2.22. The first-order valence-corrected chi connectivity index (χ1v) is 16.4. The number of aromatic nitrogens is 1. The summed E-state index contributed by atoms with van der Waals surface area (Å²) in [4.78, 5) is 21.6. The molecule has 2 N–H and O–H groups in total. The number of nitrogens with one attached hydrogen (secondary N) is 1. The maximum Gasteiger partial charge on any atom is 0.417 e. The minimum absolute atomic E-state index is 0.0590. The van der Waals surface area contributed by atoms with Crippen LogP contribution in [0.1, 0.15) is 54.6 Å². The van der Waals surface area contributed by atoms with Crippen LogP contribution in [0.5, 0.6) is 11.5 Å². The summed E-state index contributed by atoms with van der Waals surface area (Å²) in [6.45, 7) is 4.76. The van der Waals surface area contributed by atoms with Crippen LogP contribution in [0, 0.1) is 36.1 Å². The van der Waals surface area contributed by atoms with E-state index in [1.54, 1.807) is 61.5 Å². The molecule has 1 aromatic heterocycles. The number of para-hydroxylation sites is 1. The predicted octanol–water partition coefficient (Wildman–Crippen LogP) is 9.27. The molecular weight excluding hydrogens is 707 g/mol. The third kappa shape index (κ3) is 9.89. The van der Waals surface area contributed by atoms with Crippen molar-refractivity contribution < 1.29 is 50.2 Å². The lowest BCUT2D eigenvalue weighted by Crippen LogP contribution is -2.35. The van der Waals surface area contributed by atoms with Crippen LogP contribution in [-0.4, -0.2) is 28.4 Å². The fourth-order valence-electron chi connectivity index (χ4n) is 5.24. The number of halogens is 7. The van der Waals surface area contributed by atoms with E-state index in [0.717, 1.165) is 12.8 Å². The van der Waals surface area contributed by atoms with Gasteiger partial charge in [0.2, 0.25) is 5.91 Å². The van der Waals surface area contributed by atoms with E-state index in [-0.39, 0.29) is 35.8 Å². The molecule has 0 bridgehead atoms. The van der Waals surface area contributed by atoms with Crippen LogP contribution in [0.2, 0.25) is 0 Å². The van der Waals surface area contributed by atoms with Gasteiger partial charge in [0, 0.05) is 5.39 Å². The number of aryl methyl sites for hydroxylation is 1. The zero-order chi connectivity index (χ0) is 38.5. The number of amides is 1. The number of nitrogens with zero attached hydrogens (tertiary/aromatic N) is 2. The first-order valence-electron chi connectivity index (χ1n) is 16.4. The van der Waals surface area contributed by atoms with E-state index < -0.39 is 57.9 Å². The van der Waals surface area contributed by atoms with Crippen LogP contribution in [-0.2, 0) is 27.8 Å². The first-order chi connectivity index (χ1) is 25.0. The first kappa shape index (κ1) is 38.7. The Morgan fingerprint density at radius 1 is 0.887 bits per heavy atom. The number of oxime groups is 1. The molecule has 0 spiro atoms. The average molecular weight is 742 g/mol. The minimum Gasteiger partial charge on any atom is -0.455 e. The summed E-state index contributed by atoms with van der Waals surface area (Å²) in [7, 11) is 0. The van der Waals surface area contributed by atoms with Gasteiger partial charge in [-0.05, 0) is 81.5 Å². The Balaban J connectivity index is 0.000000208. The Morgan fingerprint density at radius 3 is 2.23 bits per heavy atom. The van der Waals surface area contributed by atoms with E-state index in [4.69, 9.17) is 9.57 Å². The maximum absolute atomic E-state index is 14.4. The van der Waals surface area contributed by atoms with Crippen LogP contribution in [0.4, 0.5) is 30.7 Å². The summed E-state index contributed by atoms with van der Waals surface area (Å²) in [6, 6.07) is 19.8. The molecular formula is C39H34F7N3O4. The van der Waals surface area contributed by atoms with Gasteiger partial charge in [0.1, 0.15) is 35.3 Å². The lowest BCUT2D eigenvalue weighted by molar-refractivity contribution is -0.138. The van der Waals surface area contributed by atoms with Gasteiger partial charge in [0.05, 0.1) is 34.4 Å². The highest BCUT2D eigenvalue weighted by molar-refractivity contribution is 6.09. The van der Waals surface area contributed by atoms with E-state index in [0.29, 0.717) is 34.5 Å². The zero-order valence-electron chi connectivity index (χ0n) is 28.7. The van der Waals surface area contributed by atoms with Gasteiger partial charge in [-0.1, -0.05) is 53.7 Å². The van der Waals surface area contributed by atoms with Gasteiger partial charge >= 0.3 is 6.18 Å². The molecule has 53 heavy (non-hydrogen) atoms. The normalized spacial score (nSPS) is 13.3. The molecule has 278 valence electrons. The topological polar surface area (TPSA) is 93.0 Å². The number of hydrogen-bond acceptors (Lipinski definition) is 6. The summed E-state index contributed by atoms with van der Waals surface area (Å²) < 4.78 is 102. The Kier molecular flexibility index (Phi) is 11.7. The Labute approximate surface area is 300 Å². The summed E-state index contributed by atoms with van der Waals surface area (Å²) in [5.41, 5.74) is -2.71. The highest BCUT2D eigenvalue weighted by Crippen LogP contribution is 2.37. The fourth-order valence-corrected chi connectivity index (χ4v) is 5.24. The number of fused-ring (bicyclic) bond motifs is 1. The molecule has 7 nitrogen and oxygen atoms in total. The number of ether oxygens (including phenoxy) is 1. The third-order valence-electron chi connectivity index (χ3n) is 8.01. The van der Waals surface area contributed by atoms with Gasteiger partial charge in [-0.25, -0.2) is 22.5 Å². The number of rotatable bonds is 9. The summed E-state index contributed by atoms with van der Waals surface area (Å²) in [5.74, 6) is -5.03. The number of pyridine rings is 1. The largest absolute Gasteiger partial charge is 0.455 e. The number of aliphatic hydroxyl groups is 1. The quantitative estimate of drug-likeness (QED) is 0.0680. The van der Waals surface area contributed by atoms with E-state index in [2.05, 4.69) is 15.5 Å². The van der Waals surface area contributed by atoms with Crippen molar-refractivity contribution in [2.45, 2.75) is 51.8 Å². The van der Waals surface area contributed by atoms with Gasteiger partial charge in [0.25, 0.3) is 0 Å². The second kappa shape index (κ2) is 16.0. The Hall–Kier alpha value is -5.50. The number of amidine groups is 1. The highest BCUT2D eigenvalue weighted by atomic mass is 19.4. The highest BCUT2D eigenvalue weighted by Gasteiger charge is 2.38. The number of carbonyl (C=O) groups excluding carboxylic acids is 1. The average Bonchev–Trinajstić information content (AvgIpc) is 3.91. The number of benzene rings is 4. The van der Waals surface area contributed by atoms with Crippen LogP contribution in [0.3, 0.4) is 0 Å². The van der Waals surface area contributed by atoms with Crippen molar-refractivity contribution in [1.29, 1.82) is 0 Å². The van der Waals surface area contributed by atoms with Gasteiger partial charge in [0.15, 0.2) is 17.5 Å². The van der Waals surface area contributed by atoms with E-state index >= 15 is 0 Å². The fraction of sp³-hybridized carbons (Fsp3) is 0.256. The molecule has 1 saturated carbocycles. The van der Waals surface area contributed by atoms with Crippen LogP contribution < -0.4 is 10.1 Å². The minimum atomic E-state index is -4.99. The lowest BCUT2D eigenvalue weighted by atomic mass is 9.96. The van der Waals surface area contributed by atoms with Gasteiger partial charge in [-0.3, -0.25) is 4.79 Å². The molecule has 0 aliphatic heterocycles. The molecule has 5 aromatic rings. The molecule has 1 heterocycles. The SMILES string of the molecule is Cc1nc2c(F)cccc2cc1Oc1cccc(F)c1C(C)(C)O.O=C(Cc1ccccc1)NC(=NOCC1CC1)c1c(C(F)(F)F)ccc(F)c1F. The van der Waals surface area contributed by atoms with Crippen LogP contribution >= 0.6 is 0 Å². The van der Waals surface area contributed by atoms with Crippen molar-refractivity contribution >= 4 is 22.6 Å². The molecule has 14 heteroatoms. The van der Waals surface area contributed by atoms with Crippen molar-refractivity contribution in [3.8, 4) is 11.5 Å². The summed E-state index contributed by atoms with van der Waals surface area (Å²) in [5, 5.41) is 16.4. The Bertz CT molecular complexity index is 2130. The molecule has 1 amide bonds. The molecule has 0 radical (unpaired) electrons. The number of alkyl halides is 3. The molecule has 0 atom stereocenters. The van der Waals surface area contributed by atoms with Crippen LogP contribution in [0.15, 0.2) is 90.1 Å². The molecule has 1 aliphatic carbocycles. The van der Waals surface area contributed by atoms with Gasteiger partial charge in [-0.2, -0.15) is 13.2 Å². The van der Waals surface area contributed by atoms with Crippen molar-refractivity contribution in [3.63, 3.8) is 0 Å². The molecule has 1 fully saturated rings. The van der Waals surface area contributed by atoms with Gasteiger partial charge < -0.3 is 20.0 Å². The standard InChI is InChI=1S/C20H17F5N2O2.C19H17F2NO2/c21-15-9-8-14(20(23,24)25)17(18(15)22)19(27-29-11-13-6-7-13)26-16(28)10-12-4-2-1-3-5-12;1-11-16(10-12-6-4-8-14(21)18(12)22-11)24-15-9-5-7-13(20)17(15)19(2,3)23/h1-5,8-9,13H,6-7,10-11H2,(H,26,27,28);4-10,23H,1-3H3. The predicted molar refractivity (Wildman–Crippen MR) is 183 cm³/mol. The van der Waals surface area contributed by atoms with E-state index in [9.17, 15) is 40.6 Å². The van der Waals surface area contributed by atoms with Crippen molar-refractivity contribution in [2.24, 2.45) is 11.1 Å². The third-order valence-corrected chi connectivity index (χ3v) is 8.01. The molecule has 6 rings (SSSR count). The van der Waals surface area contributed by atoms with Crippen molar-refractivity contribution in [1.82, 2.24) is 10.3 Å². The molecule has 0 unspecified atom stereocenters. The zero-order valence-corrected chi connectivity index (χ0v) is 28.7. The second-order valence-corrected chi connectivity index (χ2v) is 12.8. The van der Waals surface area contributed by atoms with Crippen molar-refractivity contribution in [3.05, 3.63) is 136 Å². The molecule has 4 aromatic carbocycles. The monoisotopic (exact) mass is 741 g/mol. The summed E-state index contributed by atoms with van der Waals surface area (Å²) >= 11 is 0. The van der Waals surface area contributed by atoms with E-state index in [1.807, 2.05) is 0 Å². The summed E-state index contributed by atoms with van der Waals surface area (Å²) in [6.07, 6.45) is -3.42. The van der Waals surface area contributed by atoms with Gasteiger partial charge in [-0.15, -0.1) is 0 Å². The Morgan fingerprint density at radius 2 is 1.57 bits per heavy atom. The van der Waals surface area contributed by atoms with Crippen LogP contribution in [0.25, 0.3) is 10.9 Å². The smallest absolute Gasteiger partial charge is 0.417 e. The number of hydrogen-bond donors (Lipinski definition) is 2.